The first-order valence-corrected chi connectivity index (χ1v) is 4.12. The molecule has 1 heterocycles. The Morgan fingerprint density at radius 3 is 2.69 bits per heavy atom. The second-order valence-corrected chi connectivity index (χ2v) is 2.91. The van der Waals surface area contributed by atoms with Crippen molar-refractivity contribution >= 4 is 0 Å². The van der Waals surface area contributed by atoms with E-state index in [0.29, 0.717) is 0 Å². The van der Waals surface area contributed by atoms with Gasteiger partial charge in [-0.05, 0) is 12.5 Å². The van der Waals surface area contributed by atoms with Gasteiger partial charge in [0.1, 0.15) is 11.5 Å². The van der Waals surface area contributed by atoms with Gasteiger partial charge in [0.05, 0.1) is 6.20 Å². The molecule has 4 heteroatoms. The molecule has 1 aromatic rings. The van der Waals surface area contributed by atoms with Gasteiger partial charge < -0.3 is 5.73 Å². The first-order chi connectivity index (χ1) is 6.12. The van der Waals surface area contributed by atoms with Crippen LogP contribution in [0.2, 0.25) is 0 Å². The lowest BCUT2D eigenvalue weighted by molar-refractivity contribution is 0.168. The standard InChI is InChI=1S/C9H12F2N2/c1-2-9(11,6-12)7-3-8(10)5-13-4-7/h3-5H,2,6,12H2,1H3. The Labute approximate surface area is 75.8 Å². The Morgan fingerprint density at radius 1 is 1.54 bits per heavy atom. The predicted molar refractivity (Wildman–Crippen MR) is 46.3 cm³/mol. The van der Waals surface area contributed by atoms with E-state index in [1.54, 1.807) is 6.92 Å². The van der Waals surface area contributed by atoms with Crippen LogP contribution in [0.3, 0.4) is 0 Å². The molecule has 0 saturated heterocycles. The number of hydrogen-bond acceptors (Lipinski definition) is 2. The van der Waals surface area contributed by atoms with Crippen molar-refractivity contribution in [1.29, 1.82) is 0 Å². The van der Waals surface area contributed by atoms with Gasteiger partial charge in [-0.15, -0.1) is 0 Å². The lowest BCUT2D eigenvalue weighted by atomic mass is 9.95. The summed E-state index contributed by atoms with van der Waals surface area (Å²) in [4.78, 5) is 3.58. The number of aromatic nitrogens is 1. The zero-order chi connectivity index (χ0) is 9.90. The van der Waals surface area contributed by atoms with Crippen LogP contribution in [0.25, 0.3) is 0 Å². The van der Waals surface area contributed by atoms with Gasteiger partial charge in [-0.3, -0.25) is 4.98 Å². The molecule has 2 N–H and O–H groups in total. The molecule has 0 amide bonds. The summed E-state index contributed by atoms with van der Waals surface area (Å²) in [5.74, 6) is -0.540. The van der Waals surface area contributed by atoms with Gasteiger partial charge in [0, 0.05) is 18.3 Å². The maximum Gasteiger partial charge on any atom is 0.149 e. The van der Waals surface area contributed by atoms with Crippen molar-refractivity contribution in [3.8, 4) is 0 Å². The van der Waals surface area contributed by atoms with E-state index in [4.69, 9.17) is 5.73 Å². The van der Waals surface area contributed by atoms with Crippen LogP contribution in [0, 0.1) is 5.82 Å². The van der Waals surface area contributed by atoms with E-state index >= 15 is 0 Å². The summed E-state index contributed by atoms with van der Waals surface area (Å²) in [6, 6.07) is 1.13. The molecular weight excluding hydrogens is 174 g/mol. The molecule has 0 saturated carbocycles. The topological polar surface area (TPSA) is 38.9 Å². The van der Waals surface area contributed by atoms with E-state index in [1.165, 1.54) is 6.20 Å². The average Bonchev–Trinajstić information content (AvgIpc) is 2.17. The molecule has 72 valence electrons. The molecule has 0 bridgehead atoms. The third-order valence-electron chi connectivity index (χ3n) is 2.11. The summed E-state index contributed by atoms with van der Waals surface area (Å²) in [6.07, 6.45) is 2.56. The molecule has 0 spiro atoms. The molecule has 0 fully saturated rings. The molecule has 13 heavy (non-hydrogen) atoms. The minimum Gasteiger partial charge on any atom is -0.327 e. The smallest absolute Gasteiger partial charge is 0.149 e. The SMILES string of the molecule is CCC(F)(CN)c1cncc(F)c1. The first kappa shape index (κ1) is 10.1. The Hall–Kier alpha value is -1.03. The molecule has 1 rings (SSSR count). The van der Waals surface area contributed by atoms with Crippen molar-refractivity contribution in [2.75, 3.05) is 6.54 Å². The Balaban J connectivity index is 3.05. The van der Waals surface area contributed by atoms with Crippen LogP contribution in [-0.2, 0) is 5.67 Å². The quantitative estimate of drug-likeness (QED) is 0.781. The molecule has 0 radical (unpaired) electrons. The number of pyridine rings is 1. The molecule has 0 aliphatic heterocycles. The van der Waals surface area contributed by atoms with Gasteiger partial charge >= 0.3 is 0 Å². The van der Waals surface area contributed by atoms with Crippen LogP contribution in [0.15, 0.2) is 18.5 Å². The second kappa shape index (κ2) is 3.79. The fourth-order valence-corrected chi connectivity index (χ4v) is 1.12. The number of nitrogens with zero attached hydrogens (tertiary/aromatic N) is 1. The monoisotopic (exact) mass is 186 g/mol. The maximum absolute atomic E-state index is 13.8. The summed E-state index contributed by atoms with van der Waals surface area (Å²) < 4.78 is 26.5. The molecule has 0 aliphatic carbocycles. The third kappa shape index (κ3) is 2.01. The highest BCUT2D eigenvalue weighted by atomic mass is 19.1. The molecular formula is C9H12F2N2. The third-order valence-corrected chi connectivity index (χ3v) is 2.11. The van der Waals surface area contributed by atoms with Crippen LogP contribution in [0.4, 0.5) is 8.78 Å². The van der Waals surface area contributed by atoms with Gasteiger partial charge in [-0.25, -0.2) is 8.78 Å². The fourth-order valence-electron chi connectivity index (χ4n) is 1.12. The number of halogens is 2. The zero-order valence-electron chi connectivity index (χ0n) is 7.43. The molecule has 1 unspecified atom stereocenters. The fraction of sp³-hybridized carbons (Fsp3) is 0.444. The number of nitrogens with two attached hydrogens (primary N) is 1. The minimum absolute atomic E-state index is 0.158. The Bertz CT molecular complexity index is 285. The van der Waals surface area contributed by atoms with Crippen molar-refractivity contribution in [2.45, 2.75) is 19.0 Å². The second-order valence-electron chi connectivity index (χ2n) is 2.91. The van der Waals surface area contributed by atoms with Crippen LogP contribution in [-0.4, -0.2) is 11.5 Å². The van der Waals surface area contributed by atoms with Gasteiger partial charge in [-0.2, -0.15) is 0 Å². The molecule has 1 atom stereocenters. The zero-order valence-corrected chi connectivity index (χ0v) is 7.43. The van der Waals surface area contributed by atoms with Gasteiger partial charge in [-0.1, -0.05) is 6.92 Å². The highest BCUT2D eigenvalue weighted by Crippen LogP contribution is 2.27. The minimum atomic E-state index is -1.66. The van der Waals surface area contributed by atoms with Crippen LogP contribution >= 0.6 is 0 Å². The first-order valence-electron chi connectivity index (χ1n) is 4.12. The van der Waals surface area contributed by atoms with Crippen LogP contribution in [0.1, 0.15) is 18.9 Å². The van der Waals surface area contributed by atoms with E-state index in [0.717, 1.165) is 12.3 Å². The molecule has 0 aromatic carbocycles. The Kier molecular flexibility index (Phi) is 2.93. The lowest BCUT2D eigenvalue weighted by Crippen LogP contribution is -2.29. The number of hydrogen-bond donors (Lipinski definition) is 1. The van der Waals surface area contributed by atoms with Crippen molar-refractivity contribution in [1.82, 2.24) is 4.98 Å². The van der Waals surface area contributed by atoms with Gasteiger partial charge in [0.15, 0.2) is 0 Å². The summed E-state index contributed by atoms with van der Waals surface area (Å²) in [5.41, 5.74) is 3.82. The van der Waals surface area contributed by atoms with Crippen LogP contribution in [0.5, 0.6) is 0 Å². The maximum atomic E-state index is 13.8. The van der Waals surface area contributed by atoms with Crippen molar-refractivity contribution in [3.05, 3.63) is 29.8 Å². The van der Waals surface area contributed by atoms with Crippen molar-refractivity contribution < 1.29 is 8.78 Å². The van der Waals surface area contributed by atoms with Crippen molar-refractivity contribution in [3.63, 3.8) is 0 Å². The Morgan fingerprint density at radius 2 is 2.23 bits per heavy atom. The van der Waals surface area contributed by atoms with E-state index in [2.05, 4.69) is 4.98 Å². The van der Waals surface area contributed by atoms with Crippen LogP contribution < -0.4 is 5.73 Å². The van der Waals surface area contributed by atoms with Gasteiger partial charge in [0.25, 0.3) is 0 Å². The molecule has 2 nitrogen and oxygen atoms in total. The predicted octanol–water partition coefficient (Wildman–Crippen LogP) is 1.75. The summed E-state index contributed by atoms with van der Waals surface area (Å²) in [5, 5.41) is 0. The number of alkyl halides is 1. The van der Waals surface area contributed by atoms with Gasteiger partial charge in [0.2, 0.25) is 0 Å². The lowest BCUT2D eigenvalue weighted by Gasteiger charge is -2.21. The van der Waals surface area contributed by atoms with E-state index in [-0.39, 0.29) is 18.5 Å². The summed E-state index contributed by atoms with van der Waals surface area (Å²) in [7, 11) is 0. The molecule has 0 aliphatic rings. The van der Waals surface area contributed by atoms with Crippen molar-refractivity contribution in [2.24, 2.45) is 5.73 Å². The van der Waals surface area contributed by atoms with E-state index in [9.17, 15) is 8.78 Å². The van der Waals surface area contributed by atoms with E-state index in [1.807, 2.05) is 0 Å². The highest BCUT2D eigenvalue weighted by Gasteiger charge is 2.28. The summed E-state index contributed by atoms with van der Waals surface area (Å²) >= 11 is 0. The molecule has 1 aromatic heterocycles. The summed E-state index contributed by atoms with van der Waals surface area (Å²) in [6.45, 7) is 1.51. The average molecular weight is 186 g/mol. The highest BCUT2D eigenvalue weighted by molar-refractivity contribution is 5.19. The number of rotatable bonds is 3. The normalized spacial score (nSPS) is 15.4. The largest absolute Gasteiger partial charge is 0.327 e. The van der Waals surface area contributed by atoms with E-state index < -0.39 is 11.5 Å².